The molecule has 0 atom stereocenters. The number of piperazine rings is 1. The molecule has 5 nitrogen and oxygen atoms in total. The summed E-state index contributed by atoms with van der Waals surface area (Å²) in [5, 5.41) is 4.02. The van der Waals surface area contributed by atoms with Gasteiger partial charge in [0.25, 0.3) is 0 Å². The van der Waals surface area contributed by atoms with Crippen LogP contribution in [0.1, 0.15) is 25.0 Å². The molecule has 1 aromatic rings. The van der Waals surface area contributed by atoms with Crippen molar-refractivity contribution in [2.45, 2.75) is 26.2 Å². The van der Waals surface area contributed by atoms with E-state index in [4.69, 9.17) is 4.52 Å². The summed E-state index contributed by atoms with van der Waals surface area (Å²) in [6, 6.07) is 1.95. The van der Waals surface area contributed by atoms with Crippen LogP contribution in [0.4, 0.5) is 5.82 Å². The molecule has 2 aliphatic rings. The number of carbonyl (C=O) groups excluding carboxylic acids is 1. The molecular weight excluding hydrogens is 230 g/mol. The Morgan fingerprint density at radius 3 is 2.56 bits per heavy atom. The van der Waals surface area contributed by atoms with Crippen LogP contribution in [0, 0.1) is 12.8 Å². The fourth-order valence-corrected chi connectivity index (χ4v) is 2.57. The minimum absolute atomic E-state index is 0.311. The zero-order chi connectivity index (χ0) is 12.5. The van der Waals surface area contributed by atoms with Crippen LogP contribution in [0.15, 0.2) is 10.6 Å². The van der Waals surface area contributed by atoms with Crippen LogP contribution >= 0.6 is 0 Å². The van der Waals surface area contributed by atoms with E-state index < -0.39 is 0 Å². The highest BCUT2D eigenvalue weighted by atomic mass is 16.5. The quantitative estimate of drug-likeness (QED) is 0.795. The van der Waals surface area contributed by atoms with E-state index in [2.05, 4.69) is 10.1 Å². The van der Waals surface area contributed by atoms with Crippen molar-refractivity contribution in [3.05, 3.63) is 11.8 Å². The lowest BCUT2D eigenvalue weighted by Crippen LogP contribution is -2.51. The van der Waals surface area contributed by atoms with E-state index in [1.165, 1.54) is 6.42 Å². The molecule has 0 bridgehead atoms. The Kier molecular flexibility index (Phi) is 2.97. The van der Waals surface area contributed by atoms with Gasteiger partial charge in [-0.15, -0.1) is 0 Å². The maximum Gasteiger partial charge on any atom is 0.225 e. The summed E-state index contributed by atoms with van der Waals surface area (Å²) < 4.78 is 5.08. The predicted octanol–water partition coefficient (Wildman–Crippen LogP) is 1.43. The largest absolute Gasteiger partial charge is 0.360 e. The van der Waals surface area contributed by atoms with Crippen molar-refractivity contribution < 1.29 is 9.32 Å². The summed E-state index contributed by atoms with van der Waals surface area (Å²) in [6.07, 6.45) is 3.39. The van der Waals surface area contributed by atoms with Crippen molar-refractivity contribution in [2.24, 2.45) is 5.92 Å². The highest BCUT2D eigenvalue weighted by Crippen LogP contribution is 2.28. The molecule has 18 heavy (non-hydrogen) atoms. The molecule has 1 aromatic heterocycles. The smallest absolute Gasteiger partial charge is 0.225 e. The summed E-state index contributed by atoms with van der Waals surface area (Å²) in [6.45, 7) is 5.21. The van der Waals surface area contributed by atoms with E-state index >= 15 is 0 Å². The fraction of sp³-hybridized carbons (Fsp3) is 0.692. The van der Waals surface area contributed by atoms with Crippen LogP contribution < -0.4 is 4.90 Å². The van der Waals surface area contributed by atoms with Gasteiger partial charge in [-0.25, -0.2) is 0 Å². The molecule has 2 heterocycles. The van der Waals surface area contributed by atoms with Crippen molar-refractivity contribution >= 4 is 11.7 Å². The third-order valence-electron chi connectivity index (χ3n) is 3.99. The number of aromatic nitrogens is 1. The zero-order valence-electron chi connectivity index (χ0n) is 10.8. The molecule has 0 N–H and O–H groups in total. The second kappa shape index (κ2) is 4.63. The standard InChI is InChI=1S/C13H19N3O2/c1-10-9-12(14-18-10)15-5-7-16(8-6-15)13(17)11-3-2-4-11/h9,11H,2-8H2,1H3. The Morgan fingerprint density at radius 2 is 2.06 bits per heavy atom. The highest BCUT2D eigenvalue weighted by Gasteiger charge is 2.31. The molecule has 0 aromatic carbocycles. The molecule has 1 aliphatic carbocycles. The summed E-state index contributed by atoms with van der Waals surface area (Å²) in [7, 11) is 0. The number of nitrogens with zero attached hydrogens (tertiary/aromatic N) is 3. The maximum atomic E-state index is 12.1. The van der Waals surface area contributed by atoms with Crippen LogP contribution in [0.5, 0.6) is 0 Å². The number of amides is 1. The number of hydrogen-bond acceptors (Lipinski definition) is 4. The minimum Gasteiger partial charge on any atom is -0.360 e. The number of rotatable bonds is 2. The van der Waals surface area contributed by atoms with Crippen LogP contribution in [-0.2, 0) is 4.79 Å². The molecule has 0 radical (unpaired) electrons. The summed E-state index contributed by atoms with van der Waals surface area (Å²) in [5.41, 5.74) is 0. The lowest BCUT2D eigenvalue weighted by Gasteiger charge is -2.38. The fourth-order valence-electron chi connectivity index (χ4n) is 2.57. The molecule has 0 spiro atoms. The Bertz CT molecular complexity index is 431. The van der Waals surface area contributed by atoms with Crippen LogP contribution in [-0.4, -0.2) is 42.1 Å². The normalized spacial score (nSPS) is 20.9. The average molecular weight is 249 g/mol. The lowest BCUT2D eigenvalue weighted by atomic mass is 9.84. The first kappa shape index (κ1) is 11.6. The maximum absolute atomic E-state index is 12.1. The molecule has 5 heteroatoms. The monoisotopic (exact) mass is 249 g/mol. The topological polar surface area (TPSA) is 49.6 Å². The molecule has 2 fully saturated rings. The van der Waals surface area contributed by atoms with E-state index in [1.807, 2.05) is 17.9 Å². The second-order valence-corrected chi connectivity index (χ2v) is 5.24. The van der Waals surface area contributed by atoms with Gasteiger partial charge in [0.2, 0.25) is 5.91 Å². The highest BCUT2D eigenvalue weighted by molar-refractivity contribution is 5.79. The van der Waals surface area contributed by atoms with Gasteiger partial charge in [-0.05, 0) is 19.8 Å². The van der Waals surface area contributed by atoms with E-state index in [9.17, 15) is 4.79 Å². The second-order valence-electron chi connectivity index (χ2n) is 5.24. The van der Waals surface area contributed by atoms with Gasteiger partial charge in [-0.3, -0.25) is 4.79 Å². The number of carbonyl (C=O) groups is 1. The van der Waals surface area contributed by atoms with Gasteiger partial charge in [0, 0.05) is 38.2 Å². The molecule has 3 rings (SSSR count). The SMILES string of the molecule is Cc1cc(N2CCN(C(=O)C3CCC3)CC2)no1. The van der Waals surface area contributed by atoms with Crippen LogP contribution in [0.25, 0.3) is 0 Å². The third kappa shape index (κ3) is 2.09. The van der Waals surface area contributed by atoms with E-state index in [0.29, 0.717) is 11.8 Å². The molecule has 98 valence electrons. The van der Waals surface area contributed by atoms with Gasteiger partial charge in [0.1, 0.15) is 5.76 Å². The van der Waals surface area contributed by atoms with Crippen molar-refractivity contribution in [1.29, 1.82) is 0 Å². The first-order valence-corrected chi connectivity index (χ1v) is 6.71. The lowest BCUT2D eigenvalue weighted by molar-refractivity contribution is -0.138. The number of hydrogen-bond donors (Lipinski definition) is 0. The van der Waals surface area contributed by atoms with E-state index in [-0.39, 0.29) is 0 Å². The van der Waals surface area contributed by atoms with Gasteiger partial charge in [-0.2, -0.15) is 0 Å². The number of anilines is 1. The van der Waals surface area contributed by atoms with Gasteiger partial charge in [0.15, 0.2) is 5.82 Å². The molecule has 1 aliphatic heterocycles. The van der Waals surface area contributed by atoms with Gasteiger partial charge >= 0.3 is 0 Å². The Morgan fingerprint density at radius 1 is 1.33 bits per heavy atom. The number of aryl methyl sites for hydroxylation is 1. The molecule has 1 saturated heterocycles. The van der Waals surface area contributed by atoms with Gasteiger partial charge in [-0.1, -0.05) is 11.6 Å². The molecule has 1 saturated carbocycles. The van der Waals surface area contributed by atoms with Crippen molar-refractivity contribution in [1.82, 2.24) is 10.1 Å². The van der Waals surface area contributed by atoms with Gasteiger partial charge in [0.05, 0.1) is 0 Å². The minimum atomic E-state index is 0.311. The first-order valence-electron chi connectivity index (χ1n) is 6.71. The predicted molar refractivity (Wildman–Crippen MR) is 67.4 cm³/mol. The van der Waals surface area contributed by atoms with Crippen molar-refractivity contribution in [2.75, 3.05) is 31.1 Å². The average Bonchev–Trinajstić information content (AvgIpc) is 2.74. The summed E-state index contributed by atoms with van der Waals surface area (Å²) in [5.74, 6) is 2.39. The Balaban J connectivity index is 1.56. The Hall–Kier alpha value is -1.52. The van der Waals surface area contributed by atoms with E-state index in [1.54, 1.807) is 0 Å². The van der Waals surface area contributed by atoms with Crippen molar-refractivity contribution in [3.63, 3.8) is 0 Å². The molecule has 1 amide bonds. The van der Waals surface area contributed by atoms with Crippen LogP contribution in [0.2, 0.25) is 0 Å². The zero-order valence-corrected chi connectivity index (χ0v) is 10.8. The molecule has 0 unspecified atom stereocenters. The Labute approximate surface area is 107 Å². The van der Waals surface area contributed by atoms with Crippen LogP contribution in [0.3, 0.4) is 0 Å². The van der Waals surface area contributed by atoms with Gasteiger partial charge < -0.3 is 14.3 Å². The summed E-state index contributed by atoms with van der Waals surface area (Å²) in [4.78, 5) is 16.3. The van der Waals surface area contributed by atoms with E-state index in [0.717, 1.165) is 50.6 Å². The first-order chi connectivity index (χ1) is 8.74. The third-order valence-corrected chi connectivity index (χ3v) is 3.99. The summed E-state index contributed by atoms with van der Waals surface area (Å²) >= 11 is 0. The molecular formula is C13H19N3O2. The van der Waals surface area contributed by atoms with Crippen molar-refractivity contribution in [3.8, 4) is 0 Å².